The maximum Gasteiger partial charge on any atom is 0.273 e. The summed E-state index contributed by atoms with van der Waals surface area (Å²) in [5.74, 6) is -0.277. The molecule has 1 aliphatic rings. The maximum absolute atomic E-state index is 12.7. The highest BCUT2D eigenvalue weighted by atomic mass is 32.1. The molecule has 0 spiro atoms. The molecule has 1 N–H and O–H groups in total. The number of thiazole rings is 1. The van der Waals surface area contributed by atoms with E-state index in [0.29, 0.717) is 29.5 Å². The standard InChI is InChI=1S/C20H27N5O2S/c1-15-6-4-5-7-16(15)18(26)22-20-21-17(14-28-20)19(27)25-12-10-24(11-13-25)9-8-23(2)3/h4-7,14H,8-13H2,1-3H3,(H,21,22,26). The van der Waals surface area contributed by atoms with Crippen LogP contribution in [0.1, 0.15) is 26.4 Å². The lowest BCUT2D eigenvalue weighted by atomic mass is 10.1. The van der Waals surface area contributed by atoms with Crippen molar-refractivity contribution in [3.05, 3.63) is 46.5 Å². The molecule has 1 saturated heterocycles. The van der Waals surface area contributed by atoms with E-state index in [0.717, 1.165) is 31.7 Å². The third-order valence-electron chi connectivity index (χ3n) is 4.86. The number of piperazine rings is 1. The first-order chi connectivity index (χ1) is 13.4. The van der Waals surface area contributed by atoms with E-state index < -0.39 is 0 Å². The Kier molecular flexibility index (Phi) is 6.77. The van der Waals surface area contributed by atoms with Gasteiger partial charge >= 0.3 is 0 Å². The number of carbonyl (C=O) groups excluding carboxylic acids is 2. The van der Waals surface area contributed by atoms with Crippen molar-refractivity contribution in [2.24, 2.45) is 0 Å². The van der Waals surface area contributed by atoms with Crippen LogP contribution < -0.4 is 5.32 Å². The van der Waals surface area contributed by atoms with Gasteiger partial charge in [-0.2, -0.15) is 0 Å². The van der Waals surface area contributed by atoms with Crippen LogP contribution in [0.5, 0.6) is 0 Å². The van der Waals surface area contributed by atoms with Crippen molar-refractivity contribution in [3.8, 4) is 0 Å². The summed E-state index contributed by atoms with van der Waals surface area (Å²) in [6, 6.07) is 7.40. The number of likely N-dealkylation sites (N-methyl/N-ethyl adjacent to an activating group) is 1. The van der Waals surface area contributed by atoms with Gasteiger partial charge in [0.05, 0.1) is 0 Å². The van der Waals surface area contributed by atoms with E-state index in [4.69, 9.17) is 0 Å². The average Bonchev–Trinajstić information content (AvgIpc) is 3.15. The van der Waals surface area contributed by atoms with Crippen LogP contribution in [0.2, 0.25) is 0 Å². The molecular weight excluding hydrogens is 374 g/mol. The predicted molar refractivity (Wildman–Crippen MR) is 112 cm³/mol. The Morgan fingerprint density at radius 3 is 2.57 bits per heavy atom. The third-order valence-corrected chi connectivity index (χ3v) is 5.61. The molecular formula is C20H27N5O2S. The van der Waals surface area contributed by atoms with Crippen LogP contribution in [0.4, 0.5) is 5.13 Å². The quantitative estimate of drug-likeness (QED) is 0.802. The highest BCUT2D eigenvalue weighted by Gasteiger charge is 2.24. The summed E-state index contributed by atoms with van der Waals surface area (Å²) in [4.78, 5) is 35.9. The first-order valence-corrected chi connectivity index (χ1v) is 10.3. The van der Waals surface area contributed by atoms with E-state index in [1.54, 1.807) is 11.4 Å². The highest BCUT2D eigenvalue weighted by Crippen LogP contribution is 2.19. The van der Waals surface area contributed by atoms with Gasteiger partial charge in [0.1, 0.15) is 5.69 Å². The number of aromatic nitrogens is 1. The van der Waals surface area contributed by atoms with Gasteiger partial charge in [-0.25, -0.2) is 4.98 Å². The smallest absolute Gasteiger partial charge is 0.273 e. The van der Waals surface area contributed by atoms with Gasteiger partial charge in [-0.15, -0.1) is 11.3 Å². The van der Waals surface area contributed by atoms with Gasteiger partial charge in [0.15, 0.2) is 5.13 Å². The molecule has 0 atom stereocenters. The summed E-state index contributed by atoms with van der Waals surface area (Å²) in [5, 5.41) is 4.96. The Morgan fingerprint density at radius 2 is 1.89 bits per heavy atom. The van der Waals surface area contributed by atoms with Gasteiger partial charge in [-0.05, 0) is 32.6 Å². The fourth-order valence-corrected chi connectivity index (χ4v) is 3.78. The van der Waals surface area contributed by atoms with Crippen LogP contribution in [0.15, 0.2) is 29.6 Å². The van der Waals surface area contributed by atoms with Crippen LogP contribution in [-0.4, -0.2) is 84.9 Å². The van der Waals surface area contributed by atoms with Crippen molar-refractivity contribution in [2.75, 3.05) is 58.7 Å². The SMILES string of the molecule is Cc1ccccc1C(=O)Nc1nc(C(=O)N2CCN(CCN(C)C)CC2)cs1. The van der Waals surface area contributed by atoms with Gasteiger partial charge in [0, 0.05) is 50.2 Å². The van der Waals surface area contributed by atoms with Gasteiger partial charge < -0.3 is 9.80 Å². The number of amides is 2. The van der Waals surface area contributed by atoms with E-state index in [9.17, 15) is 9.59 Å². The molecule has 0 radical (unpaired) electrons. The first kappa shape index (κ1) is 20.4. The van der Waals surface area contributed by atoms with Gasteiger partial charge in [0.25, 0.3) is 11.8 Å². The third kappa shape index (κ3) is 5.15. The summed E-state index contributed by atoms with van der Waals surface area (Å²) in [6.07, 6.45) is 0. The lowest BCUT2D eigenvalue weighted by Crippen LogP contribution is -2.50. The number of aryl methyl sites for hydroxylation is 1. The number of hydrogen-bond donors (Lipinski definition) is 1. The molecule has 8 heteroatoms. The van der Waals surface area contributed by atoms with Crippen molar-refractivity contribution in [1.29, 1.82) is 0 Å². The molecule has 7 nitrogen and oxygen atoms in total. The van der Waals surface area contributed by atoms with Crippen molar-refractivity contribution < 1.29 is 9.59 Å². The summed E-state index contributed by atoms with van der Waals surface area (Å²) in [5.41, 5.74) is 1.91. The van der Waals surface area contributed by atoms with Crippen molar-refractivity contribution in [2.45, 2.75) is 6.92 Å². The molecule has 3 rings (SSSR count). The van der Waals surface area contributed by atoms with Gasteiger partial charge in [-0.3, -0.25) is 19.8 Å². The highest BCUT2D eigenvalue weighted by molar-refractivity contribution is 7.14. The molecule has 2 amide bonds. The lowest BCUT2D eigenvalue weighted by Gasteiger charge is -2.34. The summed E-state index contributed by atoms with van der Waals surface area (Å²) in [7, 11) is 4.13. The topological polar surface area (TPSA) is 68.8 Å². The van der Waals surface area contributed by atoms with E-state index in [1.165, 1.54) is 11.3 Å². The second-order valence-corrected chi connectivity index (χ2v) is 8.10. The minimum Gasteiger partial charge on any atom is -0.335 e. The minimum absolute atomic E-state index is 0.0695. The molecule has 1 aromatic heterocycles. The zero-order valence-corrected chi connectivity index (χ0v) is 17.5. The van der Waals surface area contributed by atoms with Gasteiger partial charge in [0.2, 0.25) is 0 Å². The van der Waals surface area contributed by atoms with Crippen LogP contribution in [0.3, 0.4) is 0 Å². The number of hydrogen-bond acceptors (Lipinski definition) is 6. The Bertz CT molecular complexity index is 828. The molecule has 150 valence electrons. The number of carbonyl (C=O) groups is 2. The molecule has 1 aliphatic heterocycles. The second-order valence-electron chi connectivity index (χ2n) is 7.24. The Hall–Kier alpha value is -2.29. The molecule has 1 aromatic carbocycles. The zero-order chi connectivity index (χ0) is 20.1. The minimum atomic E-state index is -0.207. The number of anilines is 1. The molecule has 2 aromatic rings. The van der Waals surface area contributed by atoms with Crippen LogP contribution >= 0.6 is 11.3 Å². The molecule has 1 fully saturated rings. The van der Waals surface area contributed by atoms with Crippen LogP contribution in [0, 0.1) is 6.92 Å². The van der Waals surface area contributed by atoms with E-state index in [-0.39, 0.29) is 11.8 Å². The monoisotopic (exact) mass is 401 g/mol. The number of rotatable bonds is 6. The Labute approximate surface area is 170 Å². The van der Waals surface area contributed by atoms with Crippen molar-refractivity contribution in [3.63, 3.8) is 0 Å². The summed E-state index contributed by atoms with van der Waals surface area (Å²) < 4.78 is 0. The molecule has 28 heavy (non-hydrogen) atoms. The molecule has 2 heterocycles. The molecule has 0 aliphatic carbocycles. The number of nitrogens with one attached hydrogen (secondary N) is 1. The fourth-order valence-electron chi connectivity index (χ4n) is 3.10. The Morgan fingerprint density at radius 1 is 1.18 bits per heavy atom. The normalized spacial score (nSPS) is 15.1. The summed E-state index contributed by atoms with van der Waals surface area (Å²) >= 11 is 1.28. The maximum atomic E-state index is 12.7. The fraction of sp³-hybridized carbons (Fsp3) is 0.450. The van der Waals surface area contributed by atoms with Crippen LogP contribution in [0.25, 0.3) is 0 Å². The van der Waals surface area contributed by atoms with E-state index >= 15 is 0 Å². The molecule has 0 unspecified atom stereocenters. The first-order valence-electron chi connectivity index (χ1n) is 9.43. The van der Waals surface area contributed by atoms with Crippen molar-refractivity contribution >= 4 is 28.3 Å². The average molecular weight is 402 g/mol. The summed E-state index contributed by atoms with van der Waals surface area (Å²) in [6.45, 7) is 7.08. The zero-order valence-electron chi connectivity index (χ0n) is 16.6. The Balaban J connectivity index is 1.55. The van der Waals surface area contributed by atoms with Gasteiger partial charge in [-0.1, -0.05) is 18.2 Å². The number of benzene rings is 1. The largest absolute Gasteiger partial charge is 0.335 e. The van der Waals surface area contributed by atoms with Crippen LogP contribution in [-0.2, 0) is 0 Å². The predicted octanol–water partition coefficient (Wildman–Crippen LogP) is 2.02. The lowest BCUT2D eigenvalue weighted by molar-refractivity contribution is 0.0624. The number of nitrogens with zero attached hydrogens (tertiary/aromatic N) is 4. The van der Waals surface area contributed by atoms with Crippen molar-refractivity contribution in [1.82, 2.24) is 19.7 Å². The second kappa shape index (κ2) is 9.27. The van der Waals surface area contributed by atoms with E-state index in [2.05, 4.69) is 34.2 Å². The molecule has 0 saturated carbocycles. The van der Waals surface area contributed by atoms with E-state index in [1.807, 2.05) is 30.0 Å². The molecule has 0 bridgehead atoms.